The van der Waals surface area contributed by atoms with Crippen LogP contribution in [0.5, 0.6) is 0 Å². The zero-order valence-corrected chi connectivity index (χ0v) is 11.8. The van der Waals surface area contributed by atoms with E-state index in [-0.39, 0.29) is 11.5 Å². The number of carbonyl (C=O) groups excluding carboxylic acids is 1. The zero-order valence-electron chi connectivity index (χ0n) is 11.0. The fraction of sp³-hybridized carbons (Fsp3) is 0.467. The van der Waals surface area contributed by atoms with E-state index in [1.165, 1.54) is 18.6 Å². The van der Waals surface area contributed by atoms with E-state index in [9.17, 15) is 14.4 Å². The van der Waals surface area contributed by atoms with Crippen LogP contribution in [0.2, 0.25) is 5.02 Å². The molecule has 1 aromatic carbocycles. The molecule has 2 rings (SSSR count). The molecule has 5 heteroatoms. The minimum Gasteiger partial charge on any atom is -0.336 e. The van der Waals surface area contributed by atoms with Crippen molar-refractivity contribution in [3.63, 3.8) is 0 Å². The molecule has 0 aromatic heterocycles. The fourth-order valence-corrected chi connectivity index (χ4v) is 2.79. The van der Waals surface area contributed by atoms with Crippen LogP contribution in [0.25, 0.3) is 0 Å². The average molecular weight is 295 g/mol. The molecular weight excluding hydrogens is 279 g/mol. The quantitative estimate of drug-likeness (QED) is 0.924. The number of nitrogens with zero attached hydrogens (tertiary/aromatic N) is 1. The van der Waals surface area contributed by atoms with Crippen LogP contribution in [-0.2, 0) is 0 Å². The van der Waals surface area contributed by atoms with Crippen LogP contribution in [0.3, 0.4) is 0 Å². The maximum Gasteiger partial charge on any atom is 0.255 e. The van der Waals surface area contributed by atoms with Gasteiger partial charge in [-0.15, -0.1) is 0 Å². The second-order valence-electron chi connectivity index (χ2n) is 5.10. The Labute approximate surface area is 122 Å². The van der Waals surface area contributed by atoms with E-state index in [0.717, 1.165) is 31.7 Å². The highest BCUT2D eigenvalue weighted by Crippen LogP contribution is 2.26. The zero-order chi connectivity index (χ0) is 14.5. The average Bonchev–Trinajstić information content (AvgIpc) is 2.48. The maximum absolute atomic E-state index is 13.6. The molecule has 0 radical (unpaired) electrons. The molecule has 0 spiro atoms. The summed E-state index contributed by atoms with van der Waals surface area (Å²) in [5.41, 5.74) is -0.117. The van der Waals surface area contributed by atoms with Gasteiger partial charge in [-0.25, -0.2) is 4.39 Å². The van der Waals surface area contributed by atoms with E-state index in [4.69, 9.17) is 11.6 Å². The second-order valence-corrected chi connectivity index (χ2v) is 5.54. The number of amides is 1. The van der Waals surface area contributed by atoms with Crippen molar-refractivity contribution >= 4 is 17.5 Å². The van der Waals surface area contributed by atoms with Gasteiger partial charge in [-0.1, -0.05) is 30.9 Å². The Bertz CT molecular complexity index is 535. The van der Waals surface area contributed by atoms with Crippen molar-refractivity contribution in [2.45, 2.75) is 38.1 Å². The Kier molecular flexibility index (Phi) is 4.97. The summed E-state index contributed by atoms with van der Waals surface area (Å²) >= 11 is 5.77. The lowest BCUT2D eigenvalue weighted by molar-refractivity contribution is 0.0925. The summed E-state index contributed by atoms with van der Waals surface area (Å²) in [6.45, 7) is 0. The van der Waals surface area contributed by atoms with E-state index in [1.54, 1.807) is 0 Å². The van der Waals surface area contributed by atoms with Gasteiger partial charge in [0.15, 0.2) is 0 Å². The molecular formula is C15H16ClFN2O. The van der Waals surface area contributed by atoms with Crippen molar-refractivity contribution < 1.29 is 9.18 Å². The Morgan fingerprint density at radius 3 is 2.75 bits per heavy atom. The number of benzene rings is 1. The summed E-state index contributed by atoms with van der Waals surface area (Å²) in [7, 11) is 0. The Balaban J connectivity index is 2.09. The molecule has 1 aromatic rings. The van der Waals surface area contributed by atoms with Crippen LogP contribution >= 0.6 is 11.6 Å². The fourth-order valence-electron chi connectivity index (χ4n) is 2.61. The van der Waals surface area contributed by atoms with Crippen molar-refractivity contribution in [2.24, 2.45) is 5.92 Å². The molecule has 1 fully saturated rings. The van der Waals surface area contributed by atoms with Crippen molar-refractivity contribution in [3.8, 4) is 6.07 Å². The van der Waals surface area contributed by atoms with E-state index >= 15 is 0 Å². The molecule has 1 amide bonds. The maximum atomic E-state index is 13.6. The van der Waals surface area contributed by atoms with Gasteiger partial charge >= 0.3 is 0 Å². The molecule has 20 heavy (non-hydrogen) atoms. The highest BCUT2D eigenvalue weighted by atomic mass is 35.5. The summed E-state index contributed by atoms with van der Waals surface area (Å²) in [5, 5.41) is 12.1. The van der Waals surface area contributed by atoms with Crippen molar-refractivity contribution in [1.29, 1.82) is 5.26 Å². The number of nitriles is 1. The third kappa shape index (κ3) is 3.49. The first-order chi connectivity index (χ1) is 9.61. The predicted molar refractivity (Wildman–Crippen MR) is 74.9 cm³/mol. The minimum absolute atomic E-state index is 0.117. The lowest BCUT2D eigenvalue weighted by Crippen LogP contribution is -2.40. The largest absolute Gasteiger partial charge is 0.336 e. The number of carbonyl (C=O) groups is 1. The number of hydrogen-bond donors (Lipinski definition) is 1. The van der Waals surface area contributed by atoms with Crippen molar-refractivity contribution in [1.82, 2.24) is 5.32 Å². The van der Waals surface area contributed by atoms with Gasteiger partial charge in [0.25, 0.3) is 5.91 Å². The van der Waals surface area contributed by atoms with Gasteiger partial charge in [0, 0.05) is 5.02 Å². The van der Waals surface area contributed by atoms with Gasteiger partial charge in [0.05, 0.1) is 11.6 Å². The summed E-state index contributed by atoms with van der Waals surface area (Å²) in [4.78, 5) is 12.1. The lowest BCUT2D eigenvalue weighted by Gasteiger charge is -2.26. The van der Waals surface area contributed by atoms with E-state index in [2.05, 4.69) is 11.4 Å². The minimum atomic E-state index is -0.632. The van der Waals surface area contributed by atoms with Crippen molar-refractivity contribution in [2.75, 3.05) is 0 Å². The van der Waals surface area contributed by atoms with Gasteiger partial charge in [0.2, 0.25) is 0 Å². The number of rotatable bonds is 3. The monoisotopic (exact) mass is 294 g/mol. The van der Waals surface area contributed by atoms with Gasteiger partial charge in [-0.3, -0.25) is 4.79 Å². The summed E-state index contributed by atoms with van der Waals surface area (Å²) in [6, 6.07) is 5.37. The Hall–Kier alpha value is -1.60. The molecule has 0 aliphatic heterocycles. The first-order valence-electron chi connectivity index (χ1n) is 6.77. The molecule has 1 aliphatic rings. The first kappa shape index (κ1) is 14.8. The molecule has 0 heterocycles. The molecule has 1 N–H and O–H groups in total. The molecule has 106 valence electrons. The lowest BCUT2D eigenvalue weighted by atomic mass is 9.84. The molecule has 1 aliphatic carbocycles. The summed E-state index contributed by atoms with van der Waals surface area (Å²) in [6.07, 6.45) is 5.17. The van der Waals surface area contributed by atoms with Gasteiger partial charge < -0.3 is 5.32 Å². The number of halogens is 2. The van der Waals surface area contributed by atoms with Crippen LogP contribution < -0.4 is 5.32 Å². The Morgan fingerprint density at radius 1 is 1.40 bits per heavy atom. The smallest absolute Gasteiger partial charge is 0.255 e. The van der Waals surface area contributed by atoms with Gasteiger partial charge in [0.1, 0.15) is 11.9 Å². The van der Waals surface area contributed by atoms with Crippen LogP contribution in [0, 0.1) is 23.1 Å². The Morgan fingerprint density at radius 2 is 2.10 bits per heavy atom. The highest BCUT2D eigenvalue weighted by molar-refractivity contribution is 6.31. The van der Waals surface area contributed by atoms with Crippen LogP contribution in [0.1, 0.15) is 42.5 Å². The molecule has 0 saturated heterocycles. The predicted octanol–water partition coefficient (Wildman–Crippen LogP) is 3.68. The van der Waals surface area contributed by atoms with E-state index in [1.807, 2.05) is 0 Å². The molecule has 1 atom stereocenters. The molecule has 0 bridgehead atoms. The molecule has 1 saturated carbocycles. The van der Waals surface area contributed by atoms with Crippen molar-refractivity contribution in [3.05, 3.63) is 34.6 Å². The van der Waals surface area contributed by atoms with Crippen LogP contribution in [0.15, 0.2) is 18.2 Å². The molecule has 1 unspecified atom stereocenters. The third-order valence-corrected chi connectivity index (χ3v) is 3.96. The van der Waals surface area contributed by atoms with Gasteiger partial charge in [-0.05, 0) is 37.0 Å². The first-order valence-corrected chi connectivity index (χ1v) is 7.15. The van der Waals surface area contributed by atoms with E-state index < -0.39 is 17.8 Å². The SMILES string of the molecule is N#CC(NC(=O)c1cc(Cl)ccc1F)C1CCCCC1. The van der Waals surface area contributed by atoms with Crippen LogP contribution in [0.4, 0.5) is 4.39 Å². The van der Waals surface area contributed by atoms with Crippen LogP contribution in [-0.4, -0.2) is 11.9 Å². The topological polar surface area (TPSA) is 52.9 Å². The van der Waals surface area contributed by atoms with E-state index in [0.29, 0.717) is 5.02 Å². The number of nitrogens with one attached hydrogen (secondary N) is 1. The summed E-state index contributed by atoms with van der Waals surface area (Å²) in [5.74, 6) is -1.06. The highest BCUT2D eigenvalue weighted by Gasteiger charge is 2.26. The normalized spacial score (nSPS) is 17.2. The standard InChI is InChI=1S/C15H16ClFN2O/c16-11-6-7-13(17)12(8-11)15(20)19-14(9-18)10-4-2-1-3-5-10/h6-8,10,14H,1-5H2,(H,19,20). The molecule has 3 nitrogen and oxygen atoms in total. The summed E-state index contributed by atoms with van der Waals surface area (Å²) < 4.78 is 13.6. The van der Waals surface area contributed by atoms with Gasteiger partial charge in [-0.2, -0.15) is 5.26 Å². The third-order valence-electron chi connectivity index (χ3n) is 3.72. The second kappa shape index (κ2) is 6.71. The number of hydrogen-bond acceptors (Lipinski definition) is 2.